The van der Waals surface area contributed by atoms with Gasteiger partial charge in [0.25, 0.3) is 0 Å². The molecule has 2 fully saturated rings. The third kappa shape index (κ3) is 2.60. The number of hydrogen-bond donors (Lipinski definition) is 0. The van der Waals surface area contributed by atoms with E-state index in [0.717, 1.165) is 11.8 Å². The largest absolute Gasteiger partial charge is 0.364 e. The zero-order chi connectivity index (χ0) is 15.1. The standard InChI is InChI=1S/C20H34O/c1-5-6-7-8-9-18-15(2)10-11-16-12-13-17-14-20(16,18)21-19(17,3)4/h16-17H,5-14H2,1-4H3. The maximum absolute atomic E-state index is 6.85. The fourth-order valence-electron chi connectivity index (χ4n) is 5.41. The second kappa shape index (κ2) is 5.72. The van der Waals surface area contributed by atoms with Gasteiger partial charge >= 0.3 is 0 Å². The van der Waals surface area contributed by atoms with Gasteiger partial charge in [-0.3, -0.25) is 0 Å². The van der Waals surface area contributed by atoms with Gasteiger partial charge in [0.15, 0.2) is 0 Å². The predicted molar refractivity (Wildman–Crippen MR) is 89.4 cm³/mol. The average molecular weight is 290 g/mol. The Balaban J connectivity index is 1.82. The molecule has 3 rings (SSSR count). The van der Waals surface area contributed by atoms with Crippen LogP contribution in [0.5, 0.6) is 0 Å². The molecule has 2 aliphatic carbocycles. The van der Waals surface area contributed by atoms with Crippen LogP contribution in [0.15, 0.2) is 11.1 Å². The monoisotopic (exact) mass is 290 g/mol. The highest BCUT2D eigenvalue weighted by Gasteiger charge is 2.59. The van der Waals surface area contributed by atoms with Gasteiger partial charge in [0, 0.05) is 0 Å². The van der Waals surface area contributed by atoms with E-state index in [1.54, 1.807) is 11.1 Å². The Labute approximate surface area is 131 Å². The normalized spacial score (nSPS) is 37.7. The molecular weight excluding hydrogens is 256 g/mol. The summed E-state index contributed by atoms with van der Waals surface area (Å²) in [5.41, 5.74) is 3.63. The maximum Gasteiger partial charge on any atom is 0.0933 e. The van der Waals surface area contributed by atoms with Gasteiger partial charge in [-0.2, -0.15) is 0 Å². The third-order valence-electron chi connectivity index (χ3n) is 6.68. The van der Waals surface area contributed by atoms with Gasteiger partial charge in [-0.15, -0.1) is 0 Å². The molecule has 0 N–H and O–H groups in total. The van der Waals surface area contributed by atoms with Gasteiger partial charge in [0.05, 0.1) is 11.2 Å². The number of unbranched alkanes of at least 4 members (excludes halogenated alkanes) is 3. The van der Waals surface area contributed by atoms with Crippen LogP contribution < -0.4 is 0 Å². The fourth-order valence-corrected chi connectivity index (χ4v) is 5.41. The van der Waals surface area contributed by atoms with Crippen LogP contribution in [0.3, 0.4) is 0 Å². The lowest BCUT2D eigenvalue weighted by molar-refractivity contribution is -0.0988. The third-order valence-corrected chi connectivity index (χ3v) is 6.68. The fraction of sp³-hybridized carbons (Fsp3) is 0.900. The van der Waals surface area contributed by atoms with Crippen molar-refractivity contribution >= 4 is 0 Å². The maximum atomic E-state index is 6.85. The molecule has 0 amide bonds. The van der Waals surface area contributed by atoms with E-state index >= 15 is 0 Å². The molecule has 0 aromatic heterocycles. The van der Waals surface area contributed by atoms with E-state index < -0.39 is 0 Å². The Bertz CT molecular complexity index is 420. The molecule has 1 heteroatoms. The van der Waals surface area contributed by atoms with Crippen LogP contribution in [-0.4, -0.2) is 11.2 Å². The summed E-state index contributed by atoms with van der Waals surface area (Å²) < 4.78 is 6.85. The Morgan fingerprint density at radius 1 is 1.05 bits per heavy atom. The lowest BCUT2D eigenvalue weighted by atomic mass is 9.62. The van der Waals surface area contributed by atoms with Gasteiger partial charge in [0.1, 0.15) is 0 Å². The van der Waals surface area contributed by atoms with E-state index in [0.29, 0.717) is 0 Å². The molecule has 1 saturated carbocycles. The van der Waals surface area contributed by atoms with Crippen molar-refractivity contribution in [2.45, 2.75) is 103 Å². The Kier molecular flexibility index (Phi) is 4.25. The summed E-state index contributed by atoms with van der Waals surface area (Å²) in [6.45, 7) is 9.37. The van der Waals surface area contributed by atoms with Crippen LogP contribution in [0.25, 0.3) is 0 Å². The molecule has 1 spiro atoms. The SMILES string of the molecule is CCCCCCC1=C(C)CCC2CCC3CC12OC3(C)C. The average Bonchev–Trinajstić information content (AvgIpc) is 2.64. The van der Waals surface area contributed by atoms with E-state index in [9.17, 15) is 0 Å². The van der Waals surface area contributed by atoms with Crippen molar-refractivity contribution < 1.29 is 4.74 Å². The number of hydrogen-bond acceptors (Lipinski definition) is 1. The molecule has 1 aliphatic heterocycles. The predicted octanol–water partition coefficient (Wildman–Crippen LogP) is 6.03. The van der Waals surface area contributed by atoms with Crippen LogP contribution in [0.4, 0.5) is 0 Å². The molecule has 21 heavy (non-hydrogen) atoms. The highest BCUT2D eigenvalue weighted by Crippen LogP contribution is 2.60. The summed E-state index contributed by atoms with van der Waals surface area (Å²) in [5, 5.41) is 0. The van der Waals surface area contributed by atoms with Crippen molar-refractivity contribution in [3.8, 4) is 0 Å². The van der Waals surface area contributed by atoms with Crippen molar-refractivity contribution in [3.63, 3.8) is 0 Å². The Hall–Kier alpha value is -0.300. The molecule has 1 nitrogen and oxygen atoms in total. The molecule has 0 aromatic carbocycles. The lowest BCUT2D eigenvalue weighted by Gasteiger charge is -2.46. The van der Waals surface area contributed by atoms with E-state index in [4.69, 9.17) is 4.74 Å². The molecule has 2 bridgehead atoms. The summed E-state index contributed by atoms with van der Waals surface area (Å²) in [5.74, 6) is 1.59. The molecule has 3 atom stereocenters. The molecule has 3 unspecified atom stereocenters. The summed E-state index contributed by atoms with van der Waals surface area (Å²) in [4.78, 5) is 0. The zero-order valence-corrected chi connectivity index (χ0v) is 14.6. The Morgan fingerprint density at radius 3 is 2.57 bits per heavy atom. The highest BCUT2D eigenvalue weighted by molar-refractivity contribution is 5.32. The quantitative estimate of drug-likeness (QED) is 0.443. The number of ether oxygens (including phenoxy) is 1. The molecular formula is C20H34O. The minimum Gasteiger partial charge on any atom is -0.364 e. The first-order chi connectivity index (χ1) is 9.99. The molecule has 1 saturated heterocycles. The van der Waals surface area contributed by atoms with Gasteiger partial charge in [-0.05, 0) is 83.1 Å². The first kappa shape index (κ1) is 15.6. The molecule has 0 aromatic rings. The van der Waals surface area contributed by atoms with E-state index in [1.807, 2.05) is 0 Å². The number of allylic oxidation sites excluding steroid dienone is 1. The molecule has 0 radical (unpaired) electrons. The van der Waals surface area contributed by atoms with E-state index in [2.05, 4.69) is 27.7 Å². The second-order valence-corrected chi connectivity index (χ2v) is 8.38. The van der Waals surface area contributed by atoms with Crippen LogP contribution in [-0.2, 0) is 4.74 Å². The van der Waals surface area contributed by atoms with E-state index in [-0.39, 0.29) is 11.2 Å². The van der Waals surface area contributed by atoms with Crippen LogP contribution in [0.1, 0.15) is 91.9 Å². The van der Waals surface area contributed by atoms with Gasteiger partial charge < -0.3 is 4.74 Å². The van der Waals surface area contributed by atoms with E-state index in [1.165, 1.54) is 64.2 Å². The highest BCUT2D eigenvalue weighted by atomic mass is 16.5. The number of rotatable bonds is 5. The summed E-state index contributed by atoms with van der Waals surface area (Å²) in [6, 6.07) is 0. The van der Waals surface area contributed by atoms with Crippen molar-refractivity contribution in [3.05, 3.63) is 11.1 Å². The first-order valence-corrected chi connectivity index (χ1v) is 9.39. The van der Waals surface area contributed by atoms with Gasteiger partial charge in [-0.25, -0.2) is 0 Å². The summed E-state index contributed by atoms with van der Waals surface area (Å²) in [7, 11) is 0. The minimum absolute atomic E-state index is 0.0983. The van der Waals surface area contributed by atoms with Crippen LogP contribution in [0, 0.1) is 11.8 Å². The van der Waals surface area contributed by atoms with Crippen molar-refractivity contribution in [2.75, 3.05) is 0 Å². The summed E-state index contributed by atoms with van der Waals surface area (Å²) >= 11 is 0. The van der Waals surface area contributed by atoms with Crippen LogP contribution in [0.2, 0.25) is 0 Å². The molecule has 3 aliphatic rings. The molecule has 1 heterocycles. The topological polar surface area (TPSA) is 9.23 Å². The van der Waals surface area contributed by atoms with Crippen molar-refractivity contribution in [1.82, 2.24) is 0 Å². The van der Waals surface area contributed by atoms with Crippen molar-refractivity contribution in [2.24, 2.45) is 11.8 Å². The Morgan fingerprint density at radius 2 is 1.81 bits per heavy atom. The minimum atomic E-state index is 0.0983. The van der Waals surface area contributed by atoms with Gasteiger partial charge in [0.2, 0.25) is 0 Å². The number of fused-ring (bicyclic) bond motifs is 1. The zero-order valence-electron chi connectivity index (χ0n) is 14.6. The van der Waals surface area contributed by atoms with Crippen LogP contribution >= 0.6 is 0 Å². The van der Waals surface area contributed by atoms with Crippen molar-refractivity contribution in [1.29, 1.82) is 0 Å². The second-order valence-electron chi connectivity index (χ2n) is 8.38. The lowest BCUT2D eigenvalue weighted by Crippen LogP contribution is -2.45. The smallest absolute Gasteiger partial charge is 0.0933 e. The molecule has 120 valence electrons. The first-order valence-electron chi connectivity index (χ1n) is 9.39. The summed E-state index contributed by atoms with van der Waals surface area (Å²) in [6.07, 6.45) is 13.6. The van der Waals surface area contributed by atoms with Gasteiger partial charge in [-0.1, -0.05) is 31.8 Å².